The summed E-state index contributed by atoms with van der Waals surface area (Å²) in [6.07, 6.45) is 1.25. The molecule has 0 fully saturated rings. The van der Waals surface area contributed by atoms with Crippen molar-refractivity contribution in [1.82, 2.24) is 5.32 Å². The predicted molar refractivity (Wildman–Crippen MR) is 64.1 cm³/mol. The van der Waals surface area contributed by atoms with Gasteiger partial charge in [-0.05, 0) is 18.3 Å². The maximum atomic E-state index is 11.6. The van der Waals surface area contributed by atoms with Crippen molar-refractivity contribution in [1.29, 1.82) is 0 Å². The molecule has 96 valence electrons. The van der Waals surface area contributed by atoms with Gasteiger partial charge in [-0.15, -0.1) is 0 Å². The molecule has 16 heavy (non-hydrogen) atoms. The van der Waals surface area contributed by atoms with E-state index in [1.165, 1.54) is 0 Å². The van der Waals surface area contributed by atoms with Crippen LogP contribution in [0.25, 0.3) is 0 Å². The van der Waals surface area contributed by atoms with Crippen LogP contribution in [-0.4, -0.2) is 37.4 Å². The average Bonchev–Trinajstić information content (AvgIpc) is 2.15. The molecule has 0 saturated heterocycles. The molecule has 2 atom stereocenters. The van der Waals surface area contributed by atoms with Gasteiger partial charge in [0.15, 0.2) is 0 Å². The minimum Gasteiger partial charge on any atom is -0.394 e. The number of ether oxygens (including phenoxy) is 1. The number of carbonyl (C=O) groups is 1. The number of aliphatic hydroxyl groups is 1. The number of hydrogen-bond acceptors (Lipinski definition) is 3. The molecule has 0 heterocycles. The molecule has 4 nitrogen and oxygen atoms in total. The molecule has 0 aliphatic heterocycles. The van der Waals surface area contributed by atoms with Crippen molar-refractivity contribution in [2.24, 2.45) is 11.8 Å². The van der Waals surface area contributed by atoms with Crippen molar-refractivity contribution in [2.45, 2.75) is 39.7 Å². The first-order valence-corrected chi connectivity index (χ1v) is 5.88. The van der Waals surface area contributed by atoms with Crippen LogP contribution in [0.4, 0.5) is 0 Å². The molecular weight excluding hydrogens is 206 g/mol. The number of methoxy groups -OCH3 is 1. The van der Waals surface area contributed by atoms with Crippen molar-refractivity contribution in [3.8, 4) is 0 Å². The molecular formula is C12H25NO3. The van der Waals surface area contributed by atoms with Crippen LogP contribution >= 0.6 is 0 Å². The number of hydrogen-bond donors (Lipinski definition) is 2. The molecule has 0 saturated carbocycles. The monoisotopic (exact) mass is 231 g/mol. The maximum absolute atomic E-state index is 11.6. The fourth-order valence-corrected chi connectivity index (χ4v) is 1.69. The lowest BCUT2D eigenvalue weighted by Gasteiger charge is -2.19. The summed E-state index contributed by atoms with van der Waals surface area (Å²) in [7, 11) is 1.63. The summed E-state index contributed by atoms with van der Waals surface area (Å²) in [5.41, 5.74) is 0. The fraction of sp³-hybridized carbons (Fsp3) is 0.917. The smallest absolute Gasteiger partial charge is 0.220 e. The van der Waals surface area contributed by atoms with Crippen LogP contribution in [0, 0.1) is 11.8 Å². The van der Waals surface area contributed by atoms with E-state index in [4.69, 9.17) is 9.84 Å². The Bertz CT molecular complexity index is 195. The van der Waals surface area contributed by atoms with Gasteiger partial charge in [0.1, 0.15) is 0 Å². The second-order valence-corrected chi connectivity index (χ2v) is 4.84. The van der Waals surface area contributed by atoms with E-state index in [2.05, 4.69) is 19.2 Å². The summed E-state index contributed by atoms with van der Waals surface area (Å²) in [4.78, 5) is 11.6. The minimum atomic E-state index is -0.123. The summed E-state index contributed by atoms with van der Waals surface area (Å²) < 4.78 is 4.97. The molecule has 0 radical (unpaired) electrons. The van der Waals surface area contributed by atoms with Crippen molar-refractivity contribution < 1.29 is 14.6 Å². The number of amides is 1. The molecule has 0 aromatic rings. The molecule has 4 heteroatoms. The van der Waals surface area contributed by atoms with Gasteiger partial charge in [0.2, 0.25) is 5.91 Å². The molecule has 0 spiro atoms. The number of rotatable bonds is 8. The molecule has 0 aliphatic carbocycles. The van der Waals surface area contributed by atoms with Crippen LogP contribution in [0.1, 0.15) is 33.6 Å². The highest BCUT2D eigenvalue weighted by Gasteiger charge is 2.15. The maximum Gasteiger partial charge on any atom is 0.220 e. The zero-order valence-corrected chi connectivity index (χ0v) is 10.8. The lowest BCUT2D eigenvalue weighted by Crippen LogP contribution is -2.39. The third-order valence-electron chi connectivity index (χ3n) is 2.33. The van der Waals surface area contributed by atoms with Gasteiger partial charge in [-0.3, -0.25) is 4.79 Å². The molecule has 0 aromatic carbocycles. The van der Waals surface area contributed by atoms with E-state index in [9.17, 15) is 4.79 Å². The van der Waals surface area contributed by atoms with Crippen molar-refractivity contribution >= 4 is 5.91 Å². The Morgan fingerprint density at radius 2 is 2.00 bits per heavy atom. The van der Waals surface area contributed by atoms with Crippen LogP contribution in [0.15, 0.2) is 0 Å². The Hall–Kier alpha value is -0.610. The first-order valence-electron chi connectivity index (χ1n) is 5.88. The Balaban J connectivity index is 3.91. The van der Waals surface area contributed by atoms with Crippen molar-refractivity contribution in [3.63, 3.8) is 0 Å². The summed E-state index contributed by atoms with van der Waals surface area (Å²) in [5.74, 6) is 0.668. The highest BCUT2D eigenvalue weighted by molar-refractivity contribution is 5.76. The van der Waals surface area contributed by atoms with Crippen LogP contribution in [0.5, 0.6) is 0 Å². The Labute approximate surface area is 98.4 Å². The van der Waals surface area contributed by atoms with Gasteiger partial charge in [0, 0.05) is 20.1 Å². The first-order chi connectivity index (χ1) is 7.49. The molecule has 0 aliphatic rings. The molecule has 2 unspecified atom stereocenters. The molecule has 2 N–H and O–H groups in total. The second kappa shape index (κ2) is 8.53. The van der Waals surface area contributed by atoms with Gasteiger partial charge in [0.25, 0.3) is 0 Å². The Kier molecular flexibility index (Phi) is 8.21. The Morgan fingerprint density at radius 3 is 2.44 bits per heavy atom. The summed E-state index contributed by atoms with van der Waals surface area (Å²) >= 11 is 0. The SMILES string of the molecule is COCC(C)CC(=O)NC(CO)CC(C)C. The fourth-order valence-electron chi connectivity index (χ4n) is 1.69. The second-order valence-electron chi connectivity index (χ2n) is 4.84. The van der Waals surface area contributed by atoms with Gasteiger partial charge in [-0.25, -0.2) is 0 Å². The number of aliphatic hydroxyl groups excluding tert-OH is 1. The third kappa shape index (κ3) is 7.65. The summed E-state index contributed by atoms with van der Waals surface area (Å²) in [6.45, 7) is 6.70. The quantitative estimate of drug-likeness (QED) is 0.659. The van der Waals surface area contributed by atoms with E-state index < -0.39 is 0 Å². The van der Waals surface area contributed by atoms with Gasteiger partial charge >= 0.3 is 0 Å². The molecule has 0 aromatic heterocycles. The number of carbonyl (C=O) groups excluding carboxylic acids is 1. The summed E-state index contributed by atoms with van der Waals surface area (Å²) in [5, 5.41) is 12.0. The van der Waals surface area contributed by atoms with Gasteiger partial charge in [-0.1, -0.05) is 20.8 Å². The topological polar surface area (TPSA) is 58.6 Å². The lowest BCUT2D eigenvalue weighted by atomic mass is 10.0. The molecule has 1 amide bonds. The third-order valence-corrected chi connectivity index (χ3v) is 2.33. The highest BCUT2D eigenvalue weighted by Crippen LogP contribution is 2.06. The van der Waals surface area contributed by atoms with E-state index >= 15 is 0 Å². The van der Waals surface area contributed by atoms with E-state index in [0.717, 1.165) is 6.42 Å². The van der Waals surface area contributed by atoms with E-state index in [-0.39, 0.29) is 24.5 Å². The average molecular weight is 231 g/mol. The predicted octanol–water partition coefficient (Wildman–Crippen LogP) is 1.18. The van der Waals surface area contributed by atoms with Gasteiger partial charge < -0.3 is 15.2 Å². The van der Waals surface area contributed by atoms with Crippen LogP contribution in [0.3, 0.4) is 0 Å². The molecule has 0 rings (SSSR count). The zero-order valence-electron chi connectivity index (χ0n) is 10.8. The van der Waals surface area contributed by atoms with Crippen molar-refractivity contribution in [3.05, 3.63) is 0 Å². The lowest BCUT2D eigenvalue weighted by molar-refractivity contribution is -0.123. The van der Waals surface area contributed by atoms with Gasteiger partial charge in [0.05, 0.1) is 12.6 Å². The Morgan fingerprint density at radius 1 is 1.38 bits per heavy atom. The van der Waals surface area contributed by atoms with Crippen LogP contribution < -0.4 is 5.32 Å². The van der Waals surface area contributed by atoms with E-state index in [0.29, 0.717) is 18.9 Å². The number of nitrogens with one attached hydrogen (secondary N) is 1. The summed E-state index contributed by atoms with van der Waals surface area (Å²) in [6, 6.07) is -0.123. The molecule has 0 bridgehead atoms. The normalized spacial score (nSPS) is 14.9. The minimum absolute atomic E-state index is 0.00256. The highest BCUT2D eigenvalue weighted by atomic mass is 16.5. The van der Waals surface area contributed by atoms with E-state index in [1.807, 2.05) is 6.92 Å². The standard InChI is InChI=1S/C12H25NO3/c1-9(2)5-11(7-14)13-12(15)6-10(3)8-16-4/h9-11,14H,5-8H2,1-4H3,(H,13,15). The zero-order chi connectivity index (χ0) is 12.6. The van der Waals surface area contributed by atoms with E-state index in [1.54, 1.807) is 7.11 Å². The van der Waals surface area contributed by atoms with Crippen LogP contribution in [0.2, 0.25) is 0 Å². The van der Waals surface area contributed by atoms with Gasteiger partial charge in [-0.2, -0.15) is 0 Å². The first kappa shape index (κ1) is 15.4. The van der Waals surface area contributed by atoms with Crippen LogP contribution in [-0.2, 0) is 9.53 Å². The van der Waals surface area contributed by atoms with Crippen molar-refractivity contribution in [2.75, 3.05) is 20.3 Å². The largest absolute Gasteiger partial charge is 0.394 e.